The zero-order valence-electron chi connectivity index (χ0n) is 9.73. The Labute approximate surface area is 107 Å². The monoisotopic (exact) mass is 271 g/mol. The molecular weight excluding hydrogens is 260 g/mol. The average molecular weight is 271 g/mol. The van der Waals surface area contributed by atoms with Crippen molar-refractivity contribution < 1.29 is 28.2 Å². The van der Waals surface area contributed by atoms with Gasteiger partial charge in [-0.2, -0.15) is 0 Å². The molecule has 0 radical (unpaired) electrons. The van der Waals surface area contributed by atoms with Crippen LogP contribution < -0.4 is 5.32 Å². The summed E-state index contributed by atoms with van der Waals surface area (Å²) in [5.41, 5.74) is -0.299. The number of aliphatic carboxylic acids is 1. The van der Waals surface area contributed by atoms with Crippen LogP contribution in [0.25, 0.3) is 0 Å². The molecule has 1 fully saturated rings. The van der Waals surface area contributed by atoms with Gasteiger partial charge in [0.2, 0.25) is 0 Å². The Morgan fingerprint density at radius 2 is 1.95 bits per heavy atom. The molecule has 1 aliphatic heterocycles. The highest BCUT2D eigenvalue weighted by molar-refractivity contribution is 5.94. The zero-order valence-corrected chi connectivity index (χ0v) is 9.73. The van der Waals surface area contributed by atoms with Crippen molar-refractivity contribution in [3.8, 4) is 0 Å². The van der Waals surface area contributed by atoms with Gasteiger partial charge in [-0.15, -0.1) is 0 Å². The van der Waals surface area contributed by atoms with E-state index in [-0.39, 0.29) is 18.5 Å². The number of carboxylic acid groups (broad SMARTS) is 1. The summed E-state index contributed by atoms with van der Waals surface area (Å²) in [5.74, 6) is -4.07. The zero-order chi connectivity index (χ0) is 14.0. The maximum absolute atomic E-state index is 13.3. The van der Waals surface area contributed by atoms with Crippen LogP contribution in [0.3, 0.4) is 0 Å². The third-order valence-corrected chi connectivity index (χ3v) is 2.80. The number of anilines is 1. The van der Waals surface area contributed by atoms with Crippen molar-refractivity contribution in [2.45, 2.75) is 25.0 Å². The van der Waals surface area contributed by atoms with Crippen LogP contribution in [0.5, 0.6) is 0 Å². The molecule has 1 amide bonds. The Balaban J connectivity index is 2.02. The van der Waals surface area contributed by atoms with E-state index in [2.05, 4.69) is 5.32 Å². The maximum atomic E-state index is 13.3. The Morgan fingerprint density at radius 3 is 2.58 bits per heavy atom. The molecule has 19 heavy (non-hydrogen) atoms. The third-order valence-electron chi connectivity index (χ3n) is 2.80. The minimum Gasteiger partial charge on any atom is -0.479 e. The first-order valence-electron chi connectivity index (χ1n) is 5.62. The van der Waals surface area contributed by atoms with E-state index in [0.717, 1.165) is 6.07 Å². The summed E-state index contributed by atoms with van der Waals surface area (Å²) < 4.78 is 31.3. The quantitative estimate of drug-likeness (QED) is 0.874. The number of ether oxygens (including phenoxy) is 1. The van der Waals surface area contributed by atoms with Crippen LogP contribution in [0, 0.1) is 11.6 Å². The Hall–Kier alpha value is -2.02. The average Bonchev–Trinajstić information content (AvgIpc) is 2.84. The van der Waals surface area contributed by atoms with E-state index in [4.69, 9.17) is 9.84 Å². The molecule has 1 aromatic rings. The van der Waals surface area contributed by atoms with E-state index in [1.165, 1.54) is 12.1 Å². The lowest BCUT2D eigenvalue weighted by Crippen LogP contribution is -2.30. The first kappa shape index (κ1) is 13.4. The maximum Gasteiger partial charge on any atom is 0.332 e. The molecule has 0 saturated carbocycles. The number of hydrogen-bond acceptors (Lipinski definition) is 3. The van der Waals surface area contributed by atoms with Crippen molar-refractivity contribution in [3.63, 3.8) is 0 Å². The molecule has 1 heterocycles. The molecule has 0 spiro atoms. The van der Waals surface area contributed by atoms with E-state index < -0.39 is 35.7 Å². The Kier molecular flexibility index (Phi) is 3.75. The highest BCUT2D eigenvalue weighted by atomic mass is 19.2. The molecule has 0 aromatic heterocycles. The van der Waals surface area contributed by atoms with Gasteiger partial charge in [-0.05, 0) is 25.0 Å². The van der Waals surface area contributed by atoms with Gasteiger partial charge in [-0.25, -0.2) is 13.6 Å². The highest BCUT2D eigenvalue weighted by Gasteiger charge is 2.35. The van der Waals surface area contributed by atoms with E-state index >= 15 is 0 Å². The van der Waals surface area contributed by atoms with Crippen molar-refractivity contribution in [2.24, 2.45) is 0 Å². The Morgan fingerprint density at radius 1 is 1.26 bits per heavy atom. The molecule has 1 aliphatic rings. The van der Waals surface area contributed by atoms with Crippen LogP contribution >= 0.6 is 0 Å². The lowest BCUT2D eigenvalue weighted by molar-refractivity contribution is -0.150. The number of halogens is 2. The second-order valence-electron chi connectivity index (χ2n) is 4.12. The van der Waals surface area contributed by atoms with E-state index in [1.54, 1.807) is 0 Å². The van der Waals surface area contributed by atoms with Gasteiger partial charge in [0.1, 0.15) is 6.10 Å². The van der Waals surface area contributed by atoms with E-state index in [9.17, 15) is 18.4 Å². The minimum atomic E-state index is -1.16. The van der Waals surface area contributed by atoms with Gasteiger partial charge >= 0.3 is 5.97 Å². The van der Waals surface area contributed by atoms with Gasteiger partial charge < -0.3 is 15.2 Å². The predicted octanol–water partition coefficient (Wildman–Crippen LogP) is 1.54. The van der Waals surface area contributed by atoms with Gasteiger partial charge in [0.05, 0.1) is 5.69 Å². The van der Waals surface area contributed by atoms with Crippen LogP contribution in [0.1, 0.15) is 12.8 Å². The molecule has 2 atom stereocenters. The highest BCUT2D eigenvalue weighted by Crippen LogP contribution is 2.22. The SMILES string of the molecule is O=C(Nc1cccc(F)c1F)[C@@H]1CC[C@H](C(=O)O)O1. The Bertz CT molecular complexity index is 520. The van der Waals surface area contributed by atoms with Crippen molar-refractivity contribution in [1.82, 2.24) is 0 Å². The van der Waals surface area contributed by atoms with Crippen molar-refractivity contribution in [2.75, 3.05) is 5.32 Å². The van der Waals surface area contributed by atoms with Gasteiger partial charge in [-0.1, -0.05) is 6.07 Å². The molecule has 0 aliphatic carbocycles. The lowest BCUT2D eigenvalue weighted by atomic mass is 10.2. The minimum absolute atomic E-state index is 0.207. The molecule has 102 valence electrons. The van der Waals surface area contributed by atoms with Gasteiger partial charge in [-0.3, -0.25) is 4.79 Å². The fourth-order valence-electron chi connectivity index (χ4n) is 1.83. The molecule has 2 N–H and O–H groups in total. The predicted molar refractivity (Wildman–Crippen MR) is 60.5 cm³/mol. The topological polar surface area (TPSA) is 75.6 Å². The summed E-state index contributed by atoms with van der Waals surface area (Å²) >= 11 is 0. The first-order chi connectivity index (χ1) is 8.99. The van der Waals surface area contributed by atoms with Gasteiger partial charge in [0.15, 0.2) is 17.7 Å². The summed E-state index contributed by atoms with van der Waals surface area (Å²) in [7, 11) is 0. The van der Waals surface area contributed by atoms with Gasteiger partial charge in [0.25, 0.3) is 5.91 Å². The van der Waals surface area contributed by atoms with Crippen LogP contribution in [0.2, 0.25) is 0 Å². The number of benzene rings is 1. The summed E-state index contributed by atoms with van der Waals surface area (Å²) in [6, 6.07) is 3.39. The number of carboxylic acids is 1. The second kappa shape index (κ2) is 5.31. The number of nitrogens with one attached hydrogen (secondary N) is 1. The second-order valence-corrected chi connectivity index (χ2v) is 4.12. The van der Waals surface area contributed by atoms with Crippen LogP contribution in [-0.2, 0) is 14.3 Å². The molecule has 7 heteroatoms. The molecule has 5 nitrogen and oxygen atoms in total. The molecule has 0 unspecified atom stereocenters. The lowest BCUT2D eigenvalue weighted by Gasteiger charge is -2.12. The summed E-state index contributed by atoms with van der Waals surface area (Å²) in [4.78, 5) is 22.4. The largest absolute Gasteiger partial charge is 0.479 e. The van der Waals surface area contributed by atoms with Crippen LogP contribution in [0.4, 0.5) is 14.5 Å². The van der Waals surface area contributed by atoms with Crippen molar-refractivity contribution in [1.29, 1.82) is 0 Å². The molecule has 1 aromatic carbocycles. The first-order valence-corrected chi connectivity index (χ1v) is 5.62. The van der Waals surface area contributed by atoms with E-state index in [0.29, 0.717) is 0 Å². The number of carbonyl (C=O) groups is 2. The number of carbonyl (C=O) groups excluding carboxylic acids is 1. The van der Waals surface area contributed by atoms with Crippen LogP contribution in [0.15, 0.2) is 18.2 Å². The smallest absolute Gasteiger partial charge is 0.332 e. The number of amides is 1. The number of hydrogen-bond donors (Lipinski definition) is 2. The van der Waals surface area contributed by atoms with E-state index in [1.807, 2.05) is 0 Å². The fraction of sp³-hybridized carbons (Fsp3) is 0.333. The number of rotatable bonds is 3. The van der Waals surface area contributed by atoms with Crippen molar-refractivity contribution in [3.05, 3.63) is 29.8 Å². The molecule has 2 rings (SSSR count). The fourth-order valence-corrected chi connectivity index (χ4v) is 1.83. The summed E-state index contributed by atoms with van der Waals surface area (Å²) in [6.45, 7) is 0. The molecule has 0 bridgehead atoms. The summed E-state index contributed by atoms with van der Waals surface area (Å²) in [6.07, 6.45) is -1.57. The molecule has 1 saturated heterocycles. The normalized spacial score (nSPS) is 22.2. The van der Waals surface area contributed by atoms with Crippen molar-refractivity contribution >= 4 is 17.6 Å². The standard InChI is InChI=1S/C12H11F2NO4/c13-6-2-1-3-7(10(6)14)15-11(16)8-4-5-9(19-8)12(17)18/h1-3,8-9H,4-5H2,(H,15,16)(H,17,18)/t8-,9+/m0/s1. The molecular formula is C12H11F2NO4. The van der Waals surface area contributed by atoms with Crippen LogP contribution in [-0.4, -0.2) is 29.2 Å². The summed E-state index contributed by atoms with van der Waals surface area (Å²) in [5, 5.41) is 10.9. The third kappa shape index (κ3) is 2.87. The van der Waals surface area contributed by atoms with Gasteiger partial charge in [0, 0.05) is 0 Å².